The summed E-state index contributed by atoms with van der Waals surface area (Å²) in [4.78, 5) is 39.8. The van der Waals surface area contributed by atoms with E-state index in [0.29, 0.717) is 28.4 Å². The SMILES string of the molecule is COc1ccc(NC(=O)NCC(=O)N(c2ccccc2)C(C)C(=O)Nc2ccccc2)cc1CO. The molecule has 9 heteroatoms. The molecule has 3 aromatic carbocycles. The van der Waals surface area contributed by atoms with E-state index in [0.717, 1.165) is 0 Å². The number of aliphatic hydroxyl groups excluding tert-OH is 1. The smallest absolute Gasteiger partial charge is 0.319 e. The van der Waals surface area contributed by atoms with Gasteiger partial charge in [-0.1, -0.05) is 36.4 Å². The molecule has 0 fully saturated rings. The lowest BCUT2D eigenvalue weighted by molar-refractivity contribution is -0.122. The van der Waals surface area contributed by atoms with Gasteiger partial charge in [0.05, 0.1) is 20.3 Å². The van der Waals surface area contributed by atoms with Crippen LogP contribution in [0.15, 0.2) is 78.9 Å². The molecule has 4 amide bonds. The fourth-order valence-corrected chi connectivity index (χ4v) is 3.45. The number of rotatable bonds is 9. The Labute approximate surface area is 203 Å². The minimum absolute atomic E-state index is 0.256. The first kappa shape index (κ1) is 25.3. The fourth-order valence-electron chi connectivity index (χ4n) is 3.45. The van der Waals surface area contributed by atoms with Crippen LogP contribution in [0.1, 0.15) is 12.5 Å². The molecular formula is C26H28N4O5. The van der Waals surface area contributed by atoms with Crippen molar-refractivity contribution in [2.45, 2.75) is 19.6 Å². The van der Waals surface area contributed by atoms with Gasteiger partial charge in [0.2, 0.25) is 11.8 Å². The number of para-hydroxylation sites is 2. The molecule has 0 saturated carbocycles. The standard InChI is InChI=1S/C26H28N4O5/c1-18(25(33)28-20-9-5-3-6-10-20)30(22-11-7-4-8-12-22)24(32)16-27-26(34)29-21-13-14-23(35-2)19(15-21)17-31/h3-15,18,31H,16-17H2,1-2H3,(H,28,33)(H2,27,29,34). The molecule has 35 heavy (non-hydrogen) atoms. The minimum atomic E-state index is -0.844. The summed E-state index contributed by atoms with van der Waals surface area (Å²) in [7, 11) is 1.49. The zero-order valence-electron chi connectivity index (χ0n) is 19.5. The Morgan fingerprint density at radius 3 is 2.20 bits per heavy atom. The van der Waals surface area contributed by atoms with Crippen molar-refractivity contribution >= 4 is 34.9 Å². The van der Waals surface area contributed by atoms with Crippen LogP contribution in [0, 0.1) is 0 Å². The number of hydrogen-bond acceptors (Lipinski definition) is 5. The second kappa shape index (κ2) is 12.2. The maximum Gasteiger partial charge on any atom is 0.319 e. The first-order valence-electron chi connectivity index (χ1n) is 11.0. The van der Waals surface area contributed by atoms with Gasteiger partial charge in [-0.05, 0) is 49.4 Å². The van der Waals surface area contributed by atoms with Gasteiger partial charge in [-0.25, -0.2) is 4.79 Å². The topological polar surface area (TPSA) is 120 Å². The predicted octanol–water partition coefficient (Wildman–Crippen LogP) is 3.37. The van der Waals surface area contributed by atoms with Gasteiger partial charge < -0.3 is 25.8 Å². The highest BCUT2D eigenvalue weighted by molar-refractivity contribution is 6.06. The zero-order valence-corrected chi connectivity index (χ0v) is 19.5. The molecule has 1 unspecified atom stereocenters. The third kappa shape index (κ3) is 6.81. The van der Waals surface area contributed by atoms with E-state index in [-0.39, 0.29) is 19.1 Å². The normalized spacial score (nSPS) is 11.2. The van der Waals surface area contributed by atoms with Crippen LogP contribution in [0.25, 0.3) is 0 Å². The number of amides is 4. The van der Waals surface area contributed by atoms with E-state index in [1.54, 1.807) is 73.7 Å². The highest BCUT2D eigenvalue weighted by Crippen LogP contribution is 2.22. The molecule has 3 aromatic rings. The van der Waals surface area contributed by atoms with Crippen LogP contribution in [0.3, 0.4) is 0 Å². The Hall–Kier alpha value is -4.37. The lowest BCUT2D eigenvalue weighted by Gasteiger charge is -2.28. The van der Waals surface area contributed by atoms with Gasteiger partial charge in [0.15, 0.2) is 0 Å². The lowest BCUT2D eigenvalue weighted by Crippen LogP contribution is -2.50. The number of benzene rings is 3. The van der Waals surface area contributed by atoms with E-state index >= 15 is 0 Å². The van der Waals surface area contributed by atoms with Crippen molar-refractivity contribution in [1.82, 2.24) is 5.32 Å². The van der Waals surface area contributed by atoms with Gasteiger partial charge in [0.25, 0.3) is 0 Å². The van der Waals surface area contributed by atoms with Gasteiger partial charge in [0, 0.05) is 22.6 Å². The van der Waals surface area contributed by atoms with Crippen molar-refractivity contribution < 1.29 is 24.2 Å². The molecule has 0 saturated heterocycles. The van der Waals surface area contributed by atoms with E-state index in [1.807, 2.05) is 12.1 Å². The molecule has 3 rings (SSSR count). The van der Waals surface area contributed by atoms with Gasteiger partial charge >= 0.3 is 6.03 Å². The van der Waals surface area contributed by atoms with Gasteiger partial charge in [-0.15, -0.1) is 0 Å². The average Bonchev–Trinajstić information content (AvgIpc) is 2.88. The third-order valence-corrected chi connectivity index (χ3v) is 5.22. The monoisotopic (exact) mass is 476 g/mol. The van der Waals surface area contributed by atoms with Crippen molar-refractivity contribution in [1.29, 1.82) is 0 Å². The summed E-state index contributed by atoms with van der Waals surface area (Å²) in [5.74, 6) is -0.338. The Kier molecular flexibility index (Phi) is 8.80. The molecule has 0 aliphatic heterocycles. The summed E-state index contributed by atoms with van der Waals surface area (Å²) >= 11 is 0. The Morgan fingerprint density at radius 2 is 1.57 bits per heavy atom. The van der Waals surface area contributed by atoms with Crippen LogP contribution >= 0.6 is 0 Å². The molecule has 0 aliphatic rings. The molecule has 1 atom stereocenters. The number of nitrogens with zero attached hydrogens (tertiary/aromatic N) is 1. The number of methoxy groups -OCH3 is 1. The van der Waals surface area contributed by atoms with E-state index in [9.17, 15) is 19.5 Å². The Bertz CT molecular complexity index is 1150. The number of urea groups is 1. The van der Waals surface area contributed by atoms with Crippen LogP contribution in [-0.2, 0) is 16.2 Å². The number of nitrogens with one attached hydrogen (secondary N) is 3. The average molecular weight is 477 g/mol. The summed E-state index contributed by atoms with van der Waals surface area (Å²) < 4.78 is 5.15. The van der Waals surface area contributed by atoms with Crippen LogP contribution in [0.5, 0.6) is 5.75 Å². The van der Waals surface area contributed by atoms with Crippen molar-refractivity contribution in [2.75, 3.05) is 29.2 Å². The summed E-state index contributed by atoms with van der Waals surface area (Å²) in [6, 6.07) is 21.1. The van der Waals surface area contributed by atoms with Crippen LogP contribution in [-0.4, -0.2) is 42.6 Å². The lowest BCUT2D eigenvalue weighted by atomic mass is 10.2. The molecule has 182 valence electrons. The second-order valence-electron chi connectivity index (χ2n) is 7.62. The Balaban J connectivity index is 1.68. The fraction of sp³-hybridized carbons (Fsp3) is 0.192. The first-order chi connectivity index (χ1) is 16.9. The minimum Gasteiger partial charge on any atom is -0.496 e. The quantitative estimate of drug-likeness (QED) is 0.378. The molecule has 0 spiro atoms. The third-order valence-electron chi connectivity index (χ3n) is 5.22. The van der Waals surface area contributed by atoms with Gasteiger partial charge in [-0.2, -0.15) is 0 Å². The molecule has 0 bridgehead atoms. The molecule has 4 N–H and O–H groups in total. The largest absolute Gasteiger partial charge is 0.496 e. The number of aliphatic hydroxyl groups is 1. The summed E-state index contributed by atoms with van der Waals surface area (Å²) in [6.45, 7) is 1.03. The summed E-state index contributed by atoms with van der Waals surface area (Å²) in [5.41, 5.74) is 2.08. The second-order valence-corrected chi connectivity index (χ2v) is 7.62. The number of ether oxygens (including phenoxy) is 1. The highest BCUT2D eigenvalue weighted by Gasteiger charge is 2.27. The maximum atomic E-state index is 13.1. The summed E-state index contributed by atoms with van der Waals surface area (Å²) in [5, 5.41) is 17.4. The molecular weight excluding hydrogens is 448 g/mol. The number of anilines is 3. The van der Waals surface area contributed by atoms with E-state index in [4.69, 9.17) is 4.74 Å². The summed E-state index contributed by atoms with van der Waals surface area (Å²) in [6.07, 6.45) is 0. The zero-order chi connectivity index (χ0) is 25.2. The van der Waals surface area contributed by atoms with E-state index in [1.165, 1.54) is 12.0 Å². The van der Waals surface area contributed by atoms with Crippen molar-refractivity contribution in [2.24, 2.45) is 0 Å². The number of carbonyl (C=O) groups excluding carboxylic acids is 3. The molecule has 0 heterocycles. The van der Waals surface area contributed by atoms with Crippen LogP contribution in [0.4, 0.5) is 21.9 Å². The Morgan fingerprint density at radius 1 is 0.914 bits per heavy atom. The van der Waals surface area contributed by atoms with Crippen LogP contribution in [0.2, 0.25) is 0 Å². The van der Waals surface area contributed by atoms with Gasteiger partial charge in [0.1, 0.15) is 11.8 Å². The number of carbonyl (C=O) groups is 3. The van der Waals surface area contributed by atoms with E-state index in [2.05, 4.69) is 16.0 Å². The molecule has 0 radical (unpaired) electrons. The van der Waals surface area contributed by atoms with Crippen molar-refractivity contribution in [3.63, 3.8) is 0 Å². The molecule has 0 aliphatic carbocycles. The van der Waals surface area contributed by atoms with Crippen LogP contribution < -0.4 is 25.6 Å². The number of hydrogen-bond donors (Lipinski definition) is 4. The molecule has 9 nitrogen and oxygen atoms in total. The molecule has 0 aromatic heterocycles. The predicted molar refractivity (Wildman–Crippen MR) is 134 cm³/mol. The first-order valence-corrected chi connectivity index (χ1v) is 11.0. The van der Waals surface area contributed by atoms with Crippen molar-refractivity contribution in [3.8, 4) is 5.75 Å². The van der Waals surface area contributed by atoms with Gasteiger partial charge in [-0.3, -0.25) is 14.5 Å². The van der Waals surface area contributed by atoms with E-state index < -0.39 is 18.0 Å². The highest BCUT2D eigenvalue weighted by atomic mass is 16.5. The van der Waals surface area contributed by atoms with Crippen molar-refractivity contribution in [3.05, 3.63) is 84.4 Å². The maximum absolute atomic E-state index is 13.1.